The van der Waals surface area contributed by atoms with Crippen LogP contribution >= 0.6 is 0 Å². The quantitative estimate of drug-likeness (QED) is 0.637. The third kappa shape index (κ3) is 2.94. The summed E-state index contributed by atoms with van der Waals surface area (Å²) in [6.45, 7) is 0. The van der Waals surface area contributed by atoms with Gasteiger partial charge in [0.15, 0.2) is 0 Å². The number of benzene rings is 1. The lowest BCUT2D eigenvalue weighted by molar-refractivity contribution is 0.0602. The summed E-state index contributed by atoms with van der Waals surface area (Å²) < 4.78 is 4.72. The zero-order chi connectivity index (χ0) is 13.0. The number of methoxy groups -OCH3 is 1. The molecule has 1 aromatic rings. The van der Waals surface area contributed by atoms with Gasteiger partial charge >= 0.3 is 5.97 Å². The van der Waals surface area contributed by atoms with Gasteiger partial charge in [-0.3, -0.25) is 0 Å². The van der Waals surface area contributed by atoms with Crippen LogP contribution in [0.4, 0.5) is 11.4 Å². The van der Waals surface area contributed by atoms with Crippen molar-refractivity contribution in [2.45, 2.75) is 38.1 Å². The number of esters is 1. The number of hydrogen-bond donors (Lipinski definition) is 2. The van der Waals surface area contributed by atoms with E-state index in [0.29, 0.717) is 17.3 Å². The van der Waals surface area contributed by atoms with E-state index in [0.717, 1.165) is 5.69 Å². The second kappa shape index (κ2) is 5.76. The van der Waals surface area contributed by atoms with Crippen LogP contribution in [0.3, 0.4) is 0 Å². The molecule has 1 aromatic carbocycles. The summed E-state index contributed by atoms with van der Waals surface area (Å²) in [4.78, 5) is 11.5. The van der Waals surface area contributed by atoms with Crippen LogP contribution in [0.5, 0.6) is 0 Å². The molecule has 1 saturated carbocycles. The van der Waals surface area contributed by atoms with Crippen LogP contribution < -0.4 is 11.1 Å². The lowest BCUT2D eigenvalue weighted by Gasteiger charge is -2.24. The standard InChI is InChI=1S/C14H20N2O2/c1-18-14(17)12-9-11(7-8-13(12)15)16-10-5-3-2-4-6-10/h7-10,16H,2-6,15H2,1H3. The van der Waals surface area contributed by atoms with Crippen molar-refractivity contribution in [2.75, 3.05) is 18.2 Å². The highest BCUT2D eigenvalue weighted by Gasteiger charge is 2.15. The fraction of sp³-hybridized carbons (Fsp3) is 0.500. The largest absolute Gasteiger partial charge is 0.465 e. The van der Waals surface area contributed by atoms with Crippen molar-refractivity contribution in [1.82, 2.24) is 0 Å². The van der Waals surface area contributed by atoms with Gasteiger partial charge in [-0.05, 0) is 31.0 Å². The van der Waals surface area contributed by atoms with Gasteiger partial charge in [-0.15, -0.1) is 0 Å². The normalized spacial score (nSPS) is 16.3. The summed E-state index contributed by atoms with van der Waals surface area (Å²) in [5, 5.41) is 3.46. The maximum atomic E-state index is 11.5. The number of nitrogens with one attached hydrogen (secondary N) is 1. The molecule has 0 bridgehead atoms. The molecule has 0 saturated heterocycles. The predicted molar refractivity (Wildman–Crippen MR) is 72.7 cm³/mol. The molecule has 0 aliphatic heterocycles. The van der Waals surface area contributed by atoms with E-state index in [1.807, 2.05) is 6.07 Å². The molecule has 0 unspecified atom stereocenters. The maximum absolute atomic E-state index is 11.5. The summed E-state index contributed by atoms with van der Waals surface area (Å²) >= 11 is 0. The molecule has 0 amide bonds. The number of nitrogens with two attached hydrogens (primary N) is 1. The van der Waals surface area contributed by atoms with Gasteiger partial charge in [0, 0.05) is 17.4 Å². The zero-order valence-corrected chi connectivity index (χ0v) is 10.7. The summed E-state index contributed by atoms with van der Waals surface area (Å²) in [6, 6.07) is 5.94. The highest BCUT2D eigenvalue weighted by molar-refractivity contribution is 5.96. The van der Waals surface area contributed by atoms with E-state index in [2.05, 4.69) is 5.32 Å². The third-order valence-electron chi connectivity index (χ3n) is 3.43. The van der Waals surface area contributed by atoms with Crippen molar-refractivity contribution in [3.05, 3.63) is 23.8 Å². The first-order chi connectivity index (χ1) is 8.70. The van der Waals surface area contributed by atoms with Crippen LogP contribution in [-0.4, -0.2) is 19.1 Å². The second-order valence-corrected chi connectivity index (χ2v) is 4.77. The van der Waals surface area contributed by atoms with Crippen LogP contribution in [0.25, 0.3) is 0 Å². The van der Waals surface area contributed by atoms with Gasteiger partial charge in [-0.1, -0.05) is 19.3 Å². The van der Waals surface area contributed by atoms with Crippen molar-refractivity contribution in [2.24, 2.45) is 0 Å². The Morgan fingerprint density at radius 2 is 2.06 bits per heavy atom. The monoisotopic (exact) mass is 248 g/mol. The summed E-state index contributed by atoms with van der Waals surface area (Å²) in [5.74, 6) is -0.389. The number of anilines is 2. The first kappa shape index (κ1) is 12.7. The molecule has 0 atom stereocenters. The van der Waals surface area contributed by atoms with Gasteiger partial charge in [0.05, 0.1) is 12.7 Å². The molecule has 1 aliphatic carbocycles. The number of hydrogen-bond acceptors (Lipinski definition) is 4. The molecule has 2 rings (SSSR count). The van der Waals surface area contributed by atoms with Gasteiger partial charge in [0.1, 0.15) is 0 Å². The van der Waals surface area contributed by atoms with Crippen LogP contribution in [-0.2, 0) is 4.74 Å². The average Bonchev–Trinajstić information content (AvgIpc) is 2.41. The van der Waals surface area contributed by atoms with Gasteiger partial charge < -0.3 is 15.8 Å². The van der Waals surface area contributed by atoms with E-state index in [9.17, 15) is 4.79 Å². The highest BCUT2D eigenvalue weighted by atomic mass is 16.5. The first-order valence-electron chi connectivity index (χ1n) is 6.45. The fourth-order valence-electron chi connectivity index (χ4n) is 2.42. The number of nitrogen functional groups attached to an aromatic ring is 1. The molecule has 98 valence electrons. The van der Waals surface area contributed by atoms with Crippen molar-refractivity contribution < 1.29 is 9.53 Å². The summed E-state index contributed by atoms with van der Waals surface area (Å²) in [6.07, 6.45) is 6.26. The molecule has 0 heterocycles. The van der Waals surface area contributed by atoms with Crippen LogP contribution in [0.15, 0.2) is 18.2 Å². The Morgan fingerprint density at radius 3 is 2.72 bits per heavy atom. The Kier molecular flexibility index (Phi) is 4.07. The second-order valence-electron chi connectivity index (χ2n) is 4.77. The third-order valence-corrected chi connectivity index (χ3v) is 3.43. The molecule has 0 radical (unpaired) electrons. The molecule has 3 N–H and O–H groups in total. The maximum Gasteiger partial charge on any atom is 0.340 e. The van der Waals surface area contributed by atoms with Gasteiger partial charge in [0.25, 0.3) is 0 Å². The Bertz CT molecular complexity index is 426. The van der Waals surface area contributed by atoms with Crippen LogP contribution in [0.2, 0.25) is 0 Å². The number of rotatable bonds is 3. The topological polar surface area (TPSA) is 64.3 Å². The fourth-order valence-corrected chi connectivity index (χ4v) is 2.42. The van der Waals surface area contributed by atoms with Gasteiger partial charge in [0.2, 0.25) is 0 Å². The molecule has 18 heavy (non-hydrogen) atoms. The minimum atomic E-state index is -0.389. The Balaban J connectivity index is 2.11. The molecule has 4 heteroatoms. The van der Waals surface area contributed by atoms with Gasteiger partial charge in [-0.25, -0.2) is 4.79 Å². The van der Waals surface area contributed by atoms with E-state index in [-0.39, 0.29) is 5.97 Å². The molecular weight excluding hydrogens is 228 g/mol. The Labute approximate surface area is 108 Å². The number of ether oxygens (including phenoxy) is 1. The van der Waals surface area contributed by atoms with E-state index in [4.69, 9.17) is 10.5 Å². The molecular formula is C14H20N2O2. The minimum Gasteiger partial charge on any atom is -0.465 e. The minimum absolute atomic E-state index is 0.389. The first-order valence-corrected chi connectivity index (χ1v) is 6.45. The van der Waals surface area contributed by atoms with Crippen molar-refractivity contribution in [3.8, 4) is 0 Å². The van der Waals surface area contributed by atoms with E-state index < -0.39 is 0 Å². The van der Waals surface area contributed by atoms with Crippen LogP contribution in [0, 0.1) is 0 Å². The molecule has 1 aliphatic rings. The van der Waals surface area contributed by atoms with E-state index in [1.54, 1.807) is 12.1 Å². The SMILES string of the molecule is COC(=O)c1cc(NC2CCCCC2)ccc1N. The zero-order valence-electron chi connectivity index (χ0n) is 10.7. The van der Waals surface area contributed by atoms with E-state index in [1.165, 1.54) is 39.2 Å². The molecule has 0 aromatic heterocycles. The predicted octanol–water partition coefficient (Wildman–Crippen LogP) is 2.80. The molecule has 1 fully saturated rings. The lowest BCUT2D eigenvalue weighted by Crippen LogP contribution is -2.22. The number of carbonyl (C=O) groups is 1. The number of carbonyl (C=O) groups excluding carboxylic acids is 1. The summed E-state index contributed by atoms with van der Waals surface area (Å²) in [7, 11) is 1.36. The molecule has 4 nitrogen and oxygen atoms in total. The molecule has 0 spiro atoms. The van der Waals surface area contributed by atoms with Crippen molar-refractivity contribution in [1.29, 1.82) is 0 Å². The van der Waals surface area contributed by atoms with E-state index >= 15 is 0 Å². The highest BCUT2D eigenvalue weighted by Crippen LogP contribution is 2.24. The van der Waals surface area contributed by atoms with Crippen molar-refractivity contribution in [3.63, 3.8) is 0 Å². The smallest absolute Gasteiger partial charge is 0.340 e. The average molecular weight is 248 g/mol. The van der Waals surface area contributed by atoms with Crippen molar-refractivity contribution >= 4 is 17.3 Å². The van der Waals surface area contributed by atoms with Gasteiger partial charge in [-0.2, -0.15) is 0 Å². The Morgan fingerprint density at radius 1 is 1.33 bits per heavy atom. The summed E-state index contributed by atoms with van der Waals surface area (Å²) in [5.41, 5.74) is 7.60. The lowest BCUT2D eigenvalue weighted by atomic mass is 9.95. The Hall–Kier alpha value is -1.71. The van der Waals surface area contributed by atoms with Crippen LogP contribution in [0.1, 0.15) is 42.5 Å².